The zero-order valence-electron chi connectivity index (χ0n) is 15.7. The van der Waals surface area contributed by atoms with Gasteiger partial charge in [-0.05, 0) is 49.6 Å². The summed E-state index contributed by atoms with van der Waals surface area (Å²) in [6.07, 6.45) is 3.50. The highest BCUT2D eigenvalue weighted by Crippen LogP contribution is 2.35. The van der Waals surface area contributed by atoms with Gasteiger partial charge in [0.25, 0.3) is 5.91 Å². The topological polar surface area (TPSA) is 87.9 Å². The average molecular weight is 379 g/mol. The standard InChI is InChI=1S/C21H22FN5O/c1-13-5-6-17(20(23)28)21(25-13)27-9-7-14(8-10-27)19-18(12-24-26-19)15-3-2-4-16(22)11-15/h2-6,11-12,14H,7-10H2,1H3,(H2,23,28)(H,24,26). The van der Waals surface area contributed by atoms with Crippen LogP contribution in [0.1, 0.15) is 40.5 Å². The van der Waals surface area contributed by atoms with Crippen LogP contribution in [0.25, 0.3) is 11.1 Å². The molecule has 1 saturated heterocycles. The summed E-state index contributed by atoms with van der Waals surface area (Å²) in [5, 5.41) is 7.30. The lowest BCUT2D eigenvalue weighted by molar-refractivity contribution is 0.100. The fraction of sp³-hybridized carbons (Fsp3) is 0.286. The first-order chi connectivity index (χ1) is 13.5. The third-order valence-electron chi connectivity index (χ3n) is 5.29. The van der Waals surface area contributed by atoms with E-state index >= 15 is 0 Å². The van der Waals surface area contributed by atoms with E-state index in [1.54, 1.807) is 24.4 Å². The number of carbonyl (C=O) groups is 1. The molecule has 0 bridgehead atoms. The number of pyridine rings is 1. The zero-order chi connectivity index (χ0) is 19.7. The van der Waals surface area contributed by atoms with Crippen molar-refractivity contribution >= 4 is 11.7 Å². The number of nitrogens with one attached hydrogen (secondary N) is 1. The van der Waals surface area contributed by atoms with Crippen molar-refractivity contribution in [1.82, 2.24) is 15.2 Å². The van der Waals surface area contributed by atoms with Gasteiger partial charge in [-0.25, -0.2) is 9.37 Å². The smallest absolute Gasteiger partial charge is 0.252 e. The summed E-state index contributed by atoms with van der Waals surface area (Å²) in [5.74, 6) is 0.204. The fourth-order valence-electron chi connectivity index (χ4n) is 3.85. The molecule has 7 heteroatoms. The molecule has 6 nitrogen and oxygen atoms in total. The number of hydrogen-bond donors (Lipinski definition) is 2. The molecule has 1 aliphatic rings. The van der Waals surface area contributed by atoms with Gasteiger partial charge >= 0.3 is 0 Å². The van der Waals surface area contributed by atoms with Crippen molar-refractivity contribution in [2.45, 2.75) is 25.7 Å². The van der Waals surface area contributed by atoms with E-state index in [1.807, 2.05) is 13.0 Å². The van der Waals surface area contributed by atoms with Crippen molar-refractivity contribution in [3.8, 4) is 11.1 Å². The molecule has 144 valence electrons. The molecule has 3 heterocycles. The fourth-order valence-corrected chi connectivity index (χ4v) is 3.85. The highest BCUT2D eigenvalue weighted by Gasteiger charge is 2.27. The van der Waals surface area contributed by atoms with E-state index in [4.69, 9.17) is 5.73 Å². The number of amides is 1. The molecule has 3 N–H and O–H groups in total. The molecule has 1 fully saturated rings. The summed E-state index contributed by atoms with van der Waals surface area (Å²) in [6.45, 7) is 3.41. The van der Waals surface area contributed by atoms with Crippen molar-refractivity contribution in [1.29, 1.82) is 0 Å². The Morgan fingerprint density at radius 3 is 2.75 bits per heavy atom. The van der Waals surface area contributed by atoms with Crippen LogP contribution >= 0.6 is 0 Å². The number of piperidine rings is 1. The summed E-state index contributed by atoms with van der Waals surface area (Å²) in [5.41, 5.74) is 9.61. The summed E-state index contributed by atoms with van der Waals surface area (Å²) < 4.78 is 13.6. The van der Waals surface area contributed by atoms with E-state index in [-0.39, 0.29) is 11.7 Å². The Morgan fingerprint density at radius 1 is 1.25 bits per heavy atom. The van der Waals surface area contributed by atoms with E-state index in [0.29, 0.717) is 11.4 Å². The lowest BCUT2D eigenvalue weighted by Crippen LogP contribution is -2.35. The molecule has 1 amide bonds. The molecule has 0 spiro atoms. The van der Waals surface area contributed by atoms with E-state index in [1.165, 1.54) is 12.1 Å². The molecule has 0 aliphatic carbocycles. The summed E-state index contributed by atoms with van der Waals surface area (Å²) in [4.78, 5) is 18.4. The van der Waals surface area contributed by atoms with Crippen molar-refractivity contribution < 1.29 is 9.18 Å². The van der Waals surface area contributed by atoms with Crippen LogP contribution in [0.5, 0.6) is 0 Å². The van der Waals surface area contributed by atoms with E-state index in [0.717, 1.165) is 48.4 Å². The molecule has 0 radical (unpaired) electrons. The number of rotatable bonds is 4. The number of aromatic amines is 1. The van der Waals surface area contributed by atoms with Crippen LogP contribution in [0.15, 0.2) is 42.6 Å². The number of aromatic nitrogens is 3. The van der Waals surface area contributed by atoms with Gasteiger partial charge in [-0.2, -0.15) is 5.10 Å². The van der Waals surface area contributed by atoms with Gasteiger partial charge in [0, 0.05) is 36.0 Å². The van der Waals surface area contributed by atoms with Crippen LogP contribution in [0.3, 0.4) is 0 Å². The van der Waals surface area contributed by atoms with Crippen molar-refractivity contribution in [2.24, 2.45) is 5.73 Å². The van der Waals surface area contributed by atoms with Crippen molar-refractivity contribution in [3.05, 3.63) is 65.4 Å². The number of aryl methyl sites for hydroxylation is 1. The lowest BCUT2D eigenvalue weighted by Gasteiger charge is -2.33. The number of anilines is 1. The number of halogens is 1. The van der Waals surface area contributed by atoms with Gasteiger partial charge in [0.2, 0.25) is 0 Å². The van der Waals surface area contributed by atoms with Crippen molar-refractivity contribution in [2.75, 3.05) is 18.0 Å². The Labute approximate surface area is 162 Å². The second-order valence-electron chi connectivity index (χ2n) is 7.16. The number of primary amides is 1. The van der Waals surface area contributed by atoms with Crippen LogP contribution in [0.2, 0.25) is 0 Å². The minimum Gasteiger partial charge on any atom is -0.365 e. The first-order valence-electron chi connectivity index (χ1n) is 9.34. The Kier molecular flexibility index (Phi) is 4.81. The largest absolute Gasteiger partial charge is 0.365 e. The van der Waals surface area contributed by atoms with Crippen LogP contribution in [-0.4, -0.2) is 34.2 Å². The zero-order valence-corrected chi connectivity index (χ0v) is 15.7. The van der Waals surface area contributed by atoms with Crippen LogP contribution in [0.4, 0.5) is 10.2 Å². The Hall–Kier alpha value is -3.22. The Morgan fingerprint density at radius 2 is 2.04 bits per heavy atom. The highest BCUT2D eigenvalue weighted by molar-refractivity contribution is 5.97. The van der Waals surface area contributed by atoms with Gasteiger partial charge in [-0.15, -0.1) is 0 Å². The Bertz CT molecular complexity index is 1010. The van der Waals surface area contributed by atoms with Crippen LogP contribution in [0, 0.1) is 12.7 Å². The van der Waals surface area contributed by atoms with Gasteiger partial charge in [-0.1, -0.05) is 12.1 Å². The molecule has 28 heavy (non-hydrogen) atoms. The lowest BCUT2D eigenvalue weighted by atomic mass is 9.89. The molecular weight excluding hydrogens is 357 g/mol. The minimum atomic E-state index is -0.466. The first kappa shape index (κ1) is 18.2. The second-order valence-corrected chi connectivity index (χ2v) is 7.16. The summed E-state index contributed by atoms with van der Waals surface area (Å²) in [6, 6.07) is 10.1. The number of H-pyrrole nitrogens is 1. The predicted octanol–water partition coefficient (Wildman–Crippen LogP) is 3.40. The van der Waals surface area contributed by atoms with Gasteiger partial charge < -0.3 is 10.6 Å². The number of benzene rings is 1. The van der Waals surface area contributed by atoms with Gasteiger partial charge in [0.15, 0.2) is 0 Å². The van der Waals surface area contributed by atoms with E-state index in [9.17, 15) is 9.18 Å². The third-order valence-corrected chi connectivity index (χ3v) is 5.29. The maximum absolute atomic E-state index is 13.6. The molecule has 2 aromatic heterocycles. The quantitative estimate of drug-likeness (QED) is 0.727. The SMILES string of the molecule is Cc1ccc(C(N)=O)c(N2CCC(c3[nH]ncc3-c3cccc(F)c3)CC2)n1. The highest BCUT2D eigenvalue weighted by atomic mass is 19.1. The van der Waals surface area contributed by atoms with Gasteiger partial charge in [-0.3, -0.25) is 9.89 Å². The summed E-state index contributed by atoms with van der Waals surface area (Å²) in [7, 11) is 0. The maximum Gasteiger partial charge on any atom is 0.252 e. The van der Waals surface area contributed by atoms with Gasteiger partial charge in [0.05, 0.1) is 11.8 Å². The number of hydrogen-bond acceptors (Lipinski definition) is 4. The molecule has 0 unspecified atom stereocenters. The second kappa shape index (κ2) is 7.42. The predicted molar refractivity (Wildman–Crippen MR) is 106 cm³/mol. The number of nitrogens with zero attached hydrogens (tertiary/aromatic N) is 3. The molecule has 0 atom stereocenters. The average Bonchev–Trinajstić information content (AvgIpc) is 3.18. The Balaban J connectivity index is 1.54. The van der Waals surface area contributed by atoms with E-state index < -0.39 is 5.91 Å². The molecule has 1 aromatic carbocycles. The van der Waals surface area contributed by atoms with Gasteiger partial charge in [0.1, 0.15) is 11.6 Å². The van der Waals surface area contributed by atoms with Crippen molar-refractivity contribution in [3.63, 3.8) is 0 Å². The molecule has 0 saturated carbocycles. The third kappa shape index (κ3) is 3.47. The summed E-state index contributed by atoms with van der Waals surface area (Å²) >= 11 is 0. The van der Waals surface area contributed by atoms with Crippen LogP contribution < -0.4 is 10.6 Å². The number of nitrogens with two attached hydrogens (primary N) is 1. The molecule has 1 aliphatic heterocycles. The monoisotopic (exact) mass is 379 g/mol. The molecular formula is C21H22FN5O. The number of carbonyl (C=O) groups excluding carboxylic acids is 1. The molecule has 4 rings (SSSR count). The molecule has 3 aromatic rings. The normalized spacial score (nSPS) is 15.0. The van der Waals surface area contributed by atoms with E-state index in [2.05, 4.69) is 20.1 Å². The minimum absolute atomic E-state index is 0.260. The maximum atomic E-state index is 13.6. The first-order valence-corrected chi connectivity index (χ1v) is 9.34. The van der Waals surface area contributed by atoms with Crippen LogP contribution in [-0.2, 0) is 0 Å².